The van der Waals surface area contributed by atoms with Gasteiger partial charge in [0.2, 0.25) is 0 Å². The second-order valence-corrected chi connectivity index (χ2v) is 9.20. The van der Waals surface area contributed by atoms with Crippen LogP contribution >= 0.6 is 0 Å². The summed E-state index contributed by atoms with van der Waals surface area (Å²) in [5.74, 6) is -1.74. The Hall–Kier alpha value is -2.74. The van der Waals surface area contributed by atoms with E-state index in [0.717, 1.165) is 17.2 Å². The van der Waals surface area contributed by atoms with E-state index >= 15 is 0 Å². The van der Waals surface area contributed by atoms with Gasteiger partial charge >= 0.3 is 6.18 Å². The van der Waals surface area contributed by atoms with Gasteiger partial charge in [0.15, 0.2) is 5.79 Å². The molecule has 184 valence electrons. The smallest absolute Gasteiger partial charge is 0.347 e. The summed E-state index contributed by atoms with van der Waals surface area (Å²) in [5.41, 5.74) is 1.63. The molecule has 3 nitrogen and oxygen atoms in total. The minimum absolute atomic E-state index is 0.115. The highest BCUT2D eigenvalue weighted by Gasteiger charge is 2.51. The molecule has 2 aliphatic rings. The predicted molar refractivity (Wildman–Crippen MR) is 124 cm³/mol. The van der Waals surface area contributed by atoms with Gasteiger partial charge in [0.25, 0.3) is 0 Å². The van der Waals surface area contributed by atoms with Gasteiger partial charge in [-0.25, -0.2) is 4.39 Å². The van der Waals surface area contributed by atoms with Crippen LogP contribution in [0.5, 0.6) is 0 Å². The van der Waals surface area contributed by atoms with Crippen LogP contribution in [-0.4, -0.2) is 30.4 Å². The molecule has 0 aromatic heterocycles. The van der Waals surface area contributed by atoms with E-state index in [2.05, 4.69) is 17.0 Å². The average molecular weight is 486 g/mol. The third kappa shape index (κ3) is 4.99. The quantitative estimate of drug-likeness (QED) is 0.384. The summed E-state index contributed by atoms with van der Waals surface area (Å²) in [5, 5.41) is 0. The first-order valence-electron chi connectivity index (χ1n) is 11.8. The maximum Gasteiger partial charge on any atom is 0.416 e. The molecule has 35 heavy (non-hydrogen) atoms. The van der Waals surface area contributed by atoms with Crippen LogP contribution in [0, 0.1) is 5.82 Å². The number of hydrogen-bond acceptors (Lipinski definition) is 3. The zero-order chi connectivity index (χ0) is 24.5. The van der Waals surface area contributed by atoms with Crippen molar-refractivity contribution in [1.82, 2.24) is 4.90 Å². The van der Waals surface area contributed by atoms with Crippen LogP contribution in [0.25, 0.3) is 0 Å². The highest BCUT2D eigenvalue weighted by molar-refractivity contribution is 5.33. The number of halogens is 4. The van der Waals surface area contributed by atoms with Crippen molar-refractivity contribution in [1.29, 1.82) is 0 Å². The van der Waals surface area contributed by atoms with E-state index < -0.39 is 17.5 Å². The van der Waals surface area contributed by atoms with E-state index in [1.165, 1.54) is 24.3 Å². The molecule has 0 N–H and O–H groups in total. The lowest BCUT2D eigenvalue weighted by atomic mass is 9.82. The molecular weight excluding hydrogens is 458 g/mol. The predicted octanol–water partition coefficient (Wildman–Crippen LogP) is 6.71. The van der Waals surface area contributed by atoms with E-state index in [4.69, 9.17) is 9.47 Å². The average Bonchev–Trinajstić information content (AvgIpc) is 2.86. The molecule has 0 radical (unpaired) electrons. The lowest BCUT2D eigenvalue weighted by molar-refractivity contribution is -0.314. The molecule has 2 aliphatic heterocycles. The Morgan fingerprint density at radius 1 is 0.886 bits per heavy atom. The fraction of sp³-hybridized carbons (Fsp3) is 0.357. The minimum Gasteiger partial charge on any atom is -0.347 e. The number of rotatable bonds is 4. The Morgan fingerprint density at radius 3 is 2.29 bits per heavy atom. The fourth-order valence-electron chi connectivity index (χ4n) is 5.38. The van der Waals surface area contributed by atoms with Crippen molar-refractivity contribution < 1.29 is 27.0 Å². The Labute approximate surface area is 202 Å². The summed E-state index contributed by atoms with van der Waals surface area (Å²) < 4.78 is 67.3. The van der Waals surface area contributed by atoms with Crippen molar-refractivity contribution in [3.05, 3.63) is 107 Å². The molecule has 2 saturated heterocycles. The van der Waals surface area contributed by atoms with Gasteiger partial charge in [-0.3, -0.25) is 4.90 Å². The number of hydrogen-bond donors (Lipinski definition) is 0. The standard InChI is InChI=1S/C28H27F4NO2/c29-23-12-10-21(11-13-23)26-27(34-17-16-33(26)18-20-6-2-1-3-7-20)15-14-22(19-35-27)24-8-4-5-9-25(24)28(30,31)32/h1-13,22,26H,14-19H2/t22-,26+,27+/m1/s1. The van der Waals surface area contributed by atoms with Gasteiger partial charge < -0.3 is 9.47 Å². The van der Waals surface area contributed by atoms with Crippen LogP contribution in [0.4, 0.5) is 17.6 Å². The highest BCUT2D eigenvalue weighted by atomic mass is 19.4. The zero-order valence-electron chi connectivity index (χ0n) is 19.2. The fourth-order valence-corrected chi connectivity index (χ4v) is 5.38. The Morgan fingerprint density at radius 2 is 1.60 bits per heavy atom. The van der Waals surface area contributed by atoms with E-state index in [1.807, 2.05) is 18.2 Å². The summed E-state index contributed by atoms with van der Waals surface area (Å²) >= 11 is 0. The number of morpholine rings is 1. The Balaban J connectivity index is 1.44. The first kappa shape index (κ1) is 24.0. The van der Waals surface area contributed by atoms with Crippen molar-refractivity contribution >= 4 is 0 Å². The number of ether oxygens (including phenoxy) is 2. The summed E-state index contributed by atoms with van der Waals surface area (Å²) in [6.45, 7) is 1.86. The molecule has 0 aliphatic carbocycles. The lowest BCUT2D eigenvalue weighted by Gasteiger charge is -2.52. The van der Waals surface area contributed by atoms with Gasteiger partial charge in [-0.05, 0) is 41.3 Å². The van der Waals surface area contributed by atoms with Crippen LogP contribution in [0.2, 0.25) is 0 Å². The third-order valence-electron chi connectivity index (χ3n) is 7.00. The Kier molecular flexibility index (Phi) is 6.66. The molecule has 3 atom stereocenters. The summed E-state index contributed by atoms with van der Waals surface area (Å²) in [6.07, 6.45) is -3.50. The second kappa shape index (κ2) is 9.72. The number of alkyl halides is 3. The van der Waals surface area contributed by atoms with Crippen molar-refractivity contribution in [3.63, 3.8) is 0 Å². The molecule has 2 heterocycles. The van der Waals surface area contributed by atoms with Crippen LogP contribution in [0.1, 0.15) is 47.1 Å². The van der Waals surface area contributed by atoms with Gasteiger partial charge in [-0.2, -0.15) is 13.2 Å². The van der Waals surface area contributed by atoms with E-state index in [0.29, 0.717) is 32.5 Å². The van der Waals surface area contributed by atoms with Crippen molar-refractivity contribution in [2.45, 2.75) is 43.3 Å². The molecule has 3 aromatic carbocycles. The van der Waals surface area contributed by atoms with Gasteiger partial charge in [0.05, 0.1) is 24.8 Å². The van der Waals surface area contributed by atoms with Gasteiger partial charge in [-0.15, -0.1) is 0 Å². The molecule has 0 unspecified atom stereocenters. The zero-order valence-corrected chi connectivity index (χ0v) is 19.2. The van der Waals surface area contributed by atoms with Gasteiger partial charge in [0.1, 0.15) is 5.82 Å². The SMILES string of the molecule is Fc1ccc([C@@H]2N(Cc3ccccc3)CCO[C@]23CC[C@@H](c2ccccc2C(F)(F)F)CO3)cc1. The maximum absolute atomic E-state index is 13.7. The Bertz CT molecular complexity index is 1130. The molecule has 3 aromatic rings. The molecule has 1 spiro atoms. The molecule has 0 saturated carbocycles. The molecule has 2 fully saturated rings. The van der Waals surface area contributed by atoms with Crippen LogP contribution in [0.15, 0.2) is 78.9 Å². The monoisotopic (exact) mass is 485 g/mol. The summed E-state index contributed by atoms with van der Waals surface area (Å²) in [4.78, 5) is 2.26. The summed E-state index contributed by atoms with van der Waals surface area (Å²) in [7, 11) is 0. The lowest BCUT2D eigenvalue weighted by Crippen LogP contribution is -2.57. The van der Waals surface area contributed by atoms with E-state index in [-0.39, 0.29) is 29.9 Å². The van der Waals surface area contributed by atoms with E-state index in [9.17, 15) is 17.6 Å². The molecule has 7 heteroatoms. The highest BCUT2D eigenvalue weighted by Crippen LogP contribution is 2.48. The first-order chi connectivity index (χ1) is 16.9. The summed E-state index contributed by atoms with van der Waals surface area (Å²) in [6, 6.07) is 21.7. The van der Waals surface area contributed by atoms with Crippen molar-refractivity contribution in [3.8, 4) is 0 Å². The van der Waals surface area contributed by atoms with Crippen molar-refractivity contribution in [2.75, 3.05) is 19.8 Å². The molecule has 0 bridgehead atoms. The number of nitrogens with zero attached hydrogens (tertiary/aromatic N) is 1. The first-order valence-corrected chi connectivity index (χ1v) is 11.8. The van der Waals surface area contributed by atoms with Gasteiger partial charge in [0, 0.05) is 25.4 Å². The van der Waals surface area contributed by atoms with E-state index in [1.54, 1.807) is 18.2 Å². The molecule has 5 rings (SSSR count). The number of benzene rings is 3. The third-order valence-corrected chi connectivity index (χ3v) is 7.00. The normalized spacial score (nSPS) is 25.6. The second-order valence-electron chi connectivity index (χ2n) is 9.20. The maximum atomic E-state index is 13.7. The van der Waals surface area contributed by atoms with Crippen LogP contribution < -0.4 is 0 Å². The molecular formula is C28H27F4NO2. The molecule has 0 amide bonds. The van der Waals surface area contributed by atoms with Crippen LogP contribution in [0.3, 0.4) is 0 Å². The largest absolute Gasteiger partial charge is 0.416 e. The van der Waals surface area contributed by atoms with Gasteiger partial charge in [-0.1, -0.05) is 60.7 Å². The topological polar surface area (TPSA) is 21.7 Å². The van der Waals surface area contributed by atoms with Crippen molar-refractivity contribution in [2.24, 2.45) is 0 Å². The van der Waals surface area contributed by atoms with Crippen LogP contribution in [-0.2, 0) is 22.2 Å². The minimum atomic E-state index is -4.42.